The number of piperidine rings is 1. The van der Waals surface area contributed by atoms with Gasteiger partial charge in [0.1, 0.15) is 9.84 Å². The largest absolute Gasteiger partial charge is 0.335 e. The average Bonchev–Trinajstić information content (AvgIpc) is 2.34. The maximum atomic E-state index is 11.9. The van der Waals surface area contributed by atoms with E-state index in [-0.39, 0.29) is 17.3 Å². The van der Waals surface area contributed by atoms with E-state index >= 15 is 0 Å². The summed E-state index contributed by atoms with van der Waals surface area (Å²) >= 11 is 0. The Morgan fingerprint density at radius 1 is 1.28 bits per heavy atom. The summed E-state index contributed by atoms with van der Waals surface area (Å²) in [6.45, 7) is 5.15. The van der Waals surface area contributed by atoms with Crippen LogP contribution in [0.2, 0.25) is 0 Å². The van der Waals surface area contributed by atoms with Crippen LogP contribution < -0.4 is 5.32 Å². The molecule has 6 heteroatoms. The zero-order valence-corrected chi connectivity index (χ0v) is 12.3. The number of carbonyl (C=O) groups is 1. The fourth-order valence-electron chi connectivity index (χ4n) is 2.25. The van der Waals surface area contributed by atoms with Crippen LogP contribution in [0.4, 0.5) is 4.79 Å². The van der Waals surface area contributed by atoms with Gasteiger partial charge in [-0.1, -0.05) is 13.8 Å². The molecule has 0 saturated carbocycles. The van der Waals surface area contributed by atoms with Crippen LogP contribution in [0.15, 0.2) is 0 Å². The van der Waals surface area contributed by atoms with Crippen molar-refractivity contribution in [3.05, 3.63) is 0 Å². The van der Waals surface area contributed by atoms with E-state index in [0.29, 0.717) is 25.9 Å². The Labute approximate surface area is 110 Å². The van der Waals surface area contributed by atoms with Gasteiger partial charge in [0.15, 0.2) is 0 Å². The minimum Gasteiger partial charge on any atom is -0.335 e. The molecule has 106 valence electrons. The maximum Gasteiger partial charge on any atom is 0.317 e. The van der Waals surface area contributed by atoms with Gasteiger partial charge in [0, 0.05) is 25.4 Å². The molecule has 0 aromatic heterocycles. The van der Waals surface area contributed by atoms with E-state index < -0.39 is 9.84 Å². The highest BCUT2D eigenvalue weighted by atomic mass is 32.2. The fraction of sp³-hybridized carbons (Fsp3) is 0.917. The fourth-order valence-corrected chi connectivity index (χ4v) is 3.31. The number of nitrogens with one attached hydrogen (secondary N) is 1. The van der Waals surface area contributed by atoms with Crippen LogP contribution >= 0.6 is 0 Å². The third-order valence-corrected chi connectivity index (χ3v) is 5.33. The van der Waals surface area contributed by atoms with Crippen LogP contribution in [0, 0.1) is 0 Å². The van der Waals surface area contributed by atoms with Gasteiger partial charge in [-0.2, -0.15) is 0 Å². The van der Waals surface area contributed by atoms with Gasteiger partial charge >= 0.3 is 6.03 Å². The molecule has 1 saturated heterocycles. The Hall–Kier alpha value is -0.780. The van der Waals surface area contributed by atoms with Crippen LogP contribution in [0.25, 0.3) is 0 Å². The Bertz CT molecular complexity index is 369. The minimum absolute atomic E-state index is 0.0596. The van der Waals surface area contributed by atoms with Crippen molar-refractivity contribution in [2.45, 2.75) is 50.8 Å². The van der Waals surface area contributed by atoms with Gasteiger partial charge in [-0.15, -0.1) is 0 Å². The summed E-state index contributed by atoms with van der Waals surface area (Å²) in [6, 6.07) is 0.154. The monoisotopic (exact) mass is 276 g/mol. The smallest absolute Gasteiger partial charge is 0.317 e. The Balaban J connectivity index is 2.45. The highest BCUT2D eigenvalue weighted by Gasteiger charge is 2.29. The lowest BCUT2D eigenvalue weighted by molar-refractivity contribution is 0.182. The van der Waals surface area contributed by atoms with Crippen molar-refractivity contribution in [3.63, 3.8) is 0 Å². The van der Waals surface area contributed by atoms with E-state index in [9.17, 15) is 13.2 Å². The first kappa shape index (κ1) is 15.3. The lowest BCUT2D eigenvalue weighted by Gasteiger charge is -2.32. The van der Waals surface area contributed by atoms with Crippen molar-refractivity contribution < 1.29 is 13.2 Å². The van der Waals surface area contributed by atoms with Gasteiger partial charge in [0.05, 0.1) is 5.25 Å². The van der Waals surface area contributed by atoms with Gasteiger partial charge in [-0.05, 0) is 25.7 Å². The summed E-state index contributed by atoms with van der Waals surface area (Å²) in [4.78, 5) is 13.7. The molecule has 0 unspecified atom stereocenters. The molecule has 0 bridgehead atoms. The van der Waals surface area contributed by atoms with Crippen molar-refractivity contribution in [1.29, 1.82) is 0 Å². The molecule has 1 rings (SSSR count). The molecule has 2 amide bonds. The molecule has 0 radical (unpaired) electrons. The summed E-state index contributed by atoms with van der Waals surface area (Å²) in [5.74, 6) is 0. The molecule has 0 spiro atoms. The second-order valence-corrected chi connectivity index (χ2v) is 7.30. The number of hydrogen-bond acceptors (Lipinski definition) is 3. The quantitative estimate of drug-likeness (QED) is 0.844. The Kier molecular flexibility index (Phi) is 5.44. The molecule has 1 aliphatic heterocycles. The summed E-state index contributed by atoms with van der Waals surface area (Å²) in [7, 11) is -2.97. The number of sulfone groups is 1. The lowest BCUT2D eigenvalue weighted by Crippen LogP contribution is -2.49. The van der Waals surface area contributed by atoms with Crippen molar-refractivity contribution in [2.24, 2.45) is 0 Å². The van der Waals surface area contributed by atoms with Crippen molar-refractivity contribution >= 4 is 15.9 Å². The van der Waals surface area contributed by atoms with Crippen molar-refractivity contribution in [1.82, 2.24) is 10.2 Å². The van der Waals surface area contributed by atoms with Gasteiger partial charge in [0.2, 0.25) is 0 Å². The first-order valence-corrected chi connectivity index (χ1v) is 8.58. The number of urea groups is 1. The lowest BCUT2D eigenvalue weighted by atomic mass is 10.1. The van der Waals surface area contributed by atoms with Crippen LogP contribution in [0.3, 0.4) is 0 Å². The number of rotatable bonds is 4. The highest BCUT2D eigenvalue weighted by Crippen LogP contribution is 2.17. The standard InChI is InChI=1S/C12H24N2O3S/c1-4-10(5-2)13-12(15)14-8-6-11(7-9-14)18(3,16)17/h10-11H,4-9H2,1-3H3,(H,13,15). The summed E-state index contributed by atoms with van der Waals surface area (Å²) in [6.07, 6.45) is 4.21. The van der Waals surface area contributed by atoms with Gasteiger partial charge in [-0.3, -0.25) is 0 Å². The molecule has 1 heterocycles. The van der Waals surface area contributed by atoms with Crippen LogP contribution in [-0.4, -0.2) is 50.0 Å². The Morgan fingerprint density at radius 2 is 1.78 bits per heavy atom. The van der Waals surface area contributed by atoms with E-state index in [4.69, 9.17) is 0 Å². The van der Waals surface area contributed by atoms with E-state index in [1.54, 1.807) is 4.90 Å². The van der Waals surface area contributed by atoms with Crippen LogP contribution in [0.1, 0.15) is 39.5 Å². The first-order chi connectivity index (χ1) is 8.38. The second kappa shape index (κ2) is 6.41. The van der Waals surface area contributed by atoms with E-state index in [1.807, 2.05) is 13.8 Å². The van der Waals surface area contributed by atoms with Gasteiger partial charge in [-0.25, -0.2) is 13.2 Å². The number of carbonyl (C=O) groups excluding carboxylic acids is 1. The van der Waals surface area contributed by atoms with Crippen LogP contribution in [0.5, 0.6) is 0 Å². The molecular weight excluding hydrogens is 252 g/mol. The molecule has 1 aliphatic rings. The van der Waals surface area contributed by atoms with Crippen molar-refractivity contribution in [3.8, 4) is 0 Å². The zero-order valence-electron chi connectivity index (χ0n) is 11.5. The normalized spacial score (nSPS) is 18.1. The number of hydrogen-bond donors (Lipinski definition) is 1. The molecule has 0 aromatic rings. The molecule has 18 heavy (non-hydrogen) atoms. The van der Waals surface area contributed by atoms with Gasteiger partial charge in [0.25, 0.3) is 0 Å². The van der Waals surface area contributed by atoms with Crippen molar-refractivity contribution in [2.75, 3.05) is 19.3 Å². The number of amides is 2. The van der Waals surface area contributed by atoms with E-state index in [2.05, 4.69) is 5.32 Å². The molecule has 0 atom stereocenters. The molecule has 1 N–H and O–H groups in total. The summed E-state index contributed by atoms with van der Waals surface area (Å²) < 4.78 is 22.8. The topological polar surface area (TPSA) is 66.5 Å². The summed E-state index contributed by atoms with van der Waals surface area (Å²) in [5.41, 5.74) is 0. The zero-order chi connectivity index (χ0) is 13.8. The predicted octanol–water partition coefficient (Wildman–Crippen LogP) is 1.39. The second-order valence-electron chi connectivity index (χ2n) is 4.98. The minimum atomic E-state index is -2.97. The third kappa shape index (κ3) is 4.15. The maximum absolute atomic E-state index is 11.9. The van der Waals surface area contributed by atoms with Crippen LogP contribution in [-0.2, 0) is 9.84 Å². The predicted molar refractivity (Wildman–Crippen MR) is 72.3 cm³/mol. The Morgan fingerprint density at radius 3 is 2.17 bits per heavy atom. The first-order valence-electron chi connectivity index (χ1n) is 6.62. The highest BCUT2D eigenvalue weighted by molar-refractivity contribution is 7.91. The average molecular weight is 276 g/mol. The molecular formula is C12H24N2O3S. The summed E-state index contributed by atoms with van der Waals surface area (Å²) in [5, 5.41) is 2.69. The number of likely N-dealkylation sites (tertiary alicyclic amines) is 1. The molecule has 0 aromatic carbocycles. The van der Waals surface area contributed by atoms with Gasteiger partial charge < -0.3 is 10.2 Å². The number of nitrogens with zero attached hydrogens (tertiary/aromatic N) is 1. The van der Waals surface area contributed by atoms with E-state index in [0.717, 1.165) is 12.8 Å². The third-order valence-electron chi connectivity index (χ3n) is 3.65. The SMILES string of the molecule is CCC(CC)NC(=O)N1CCC(S(C)(=O)=O)CC1. The molecule has 1 fully saturated rings. The van der Waals surface area contributed by atoms with E-state index in [1.165, 1.54) is 6.26 Å². The molecule has 0 aliphatic carbocycles. The molecule has 5 nitrogen and oxygen atoms in total.